The molecule has 33 heavy (non-hydrogen) atoms. The van der Waals surface area contributed by atoms with Crippen molar-refractivity contribution in [2.45, 2.75) is 11.3 Å². The summed E-state index contributed by atoms with van der Waals surface area (Å²) >= 11 is 6.51. The second kappa shape index (κ2) is 11.2. The van der Waals surface area contributed by atoms with E-state index in [1.807, 2.05) is 17.0 Å². The van der Waals surface area contributed by atoms with Gasteiger partial charge in [-0.3, -0.25) is 19.4 Å². The van der Waals surface area contributed by atoms with Gasteiger partial charge in [0, 0.05) is 37.0 Å². The van der Waals surface area contributed by atoms with Crippen molar-refractivity contribution in [2.24, 2.45) is 0 Å². The minimum atomic E-state index is -4.30. The zero-order valence-electron chi connectivity index (χ0n) is 18.3. The van der Waals surface area contributed by atoms with E-state index in [1.54, 1.807) is 24.3 Å². The molecule has 2 heterocycles. The van der Waals surface area contributed by atoms with Crippen molar-refractivity contribution in [1.82, 2.24) is 9.80 Å². The van der Waals surface area contributed by atoms with Crippen LogP contribution in [0.1, 0.15) is 6.42 Å². The average Bonchev–Trinajstić information content (AvgIpc) is 3.05. The van der Waals surface area contributed by atoms with Crippen molar-refractivity contribution >= 4 is 62.4 Å². The molecule has 1 fully saturated rings. The van der Waals surface area contributed by atoms with Crippen molar-refractivity contribution in [1.29, 1.82) is 0 Å². The SMILES string of the molecule is CN1C(=O)C(=CC=CC=C2Sc3cc(N)ccc3N2CCCS(=O)(=O)[O-])C(=O)N(C)C1=S.[Na+]. The van der Waals surface area contributed by atoms with E-state index in [1.165, 1.54) is 41.7 Å². The first-order valence-electron chi connectivity index (χ1n) is 9.47. The number of benzene rings is 1. The summed E-state index contributed by atoms with van der Waals surface area (Å²) in [5.41, 5.74) is 7.32. The van der Waals surface area contributed by atoms with Gasteiger partial charge in [-0.1, -0.05) is 23.9 Å². The largest absolute Gasteiger partial charge is 1.00 e. The third kappa shape index (κ3) is 6.47. The number of thioether (sulfide) groups is 1. The number of nitrogen functional groups attached to an aromatic ring is 1. The molecule has 1 aromatic carbocycles. The molecule has 2 aliphatic rings. The number of hydrogen-bond acceptors (Lipinski definition) is 9. The molecule has 2 amide bonds. The van der Waals surface area contributed by atoms with E-state index >= 15 is 0 Å². The minimum Gasteiger partial charge on any atom is -0.748 e. The van der Waals surface area contributed by atoms with Crippen molar-refractivity contribution in [3.63, 3.8) is 0 Å². The number of likely N-dealkylation sites (N-methyl/N-ethyl adjacent to an activating group) is 2. The second-order valence-electron chi connectivity index (χ2n) is 7.08. The summed E-state index contributed by atoms with van der Waals surface area (Å²) < 4.78 is 32.9. The Morgan fingerprint density at radius 2 is 1.73 bits per heavy atom. The Bertz CT molecular complexity index is 1150. The van der Waals surface area contributed by atoms with Crippen LogP contribution in [0.25, 0.3) is 0 Å². The summed E-state index contributed by atoms with van der Waals surface area (Å²) in [7, 11) is -1.29. The van der Waals surface area contributed by atoms with Crippen LogP contribution < -0.4 is 40.2 Å². The van der Waals surface area contributed by atoms with Gasteiger partial charge in [-0.2, -0.15) is 0 Å². The Balaban J connectivity index is 0.00000385. The summed E-state index contributed by atoms with van der Waals surface area (Å²) in [4.78, 5) is 30.0. The van der Waals surface area contributed by atoms with Gasteiger partial charge >= 0.3 is 29.6 Å². The van der Waals surface area contributed by atoms with Crippen LogP contribution in [0, 0.1) is 0 Å². The standard InChI is InChI=1S/C20H22N4O5S3.Na/c1-22-18(25)14(19(26)23(2)20(22)30)6-3-4-7-17-24(10-5-11-32(27,28)29)15-9-8-13(21)12-16(15)31-17;/h3-4,6-9,12H,5,10-11,21H2,1-2H3,(H,27,28,29);/q;+1/p-1. The Morgan fingerprint density at radius 1 is 1.12 bits per heavy atom. The van der Waals surface area contributed by atoms with Gasteiger partial charge in [-0.05, 0) is 49.0 Å². The number of thiocarbonyl (C=S) groups is 1. The molecule has 0 aromatic heterocycles. The molecule has 3 rings (SSSR count). The second-order valence-corrected chi connectivity index (χ2v) is 10.0. The third-order valence-electron chi connectivity index (χ3n) is 4.79. The first kappa shape index (κ1) is 27.6. The molecule has 0 spiro atoms. The fraction of sp³-hybridized carbons (Fsp3) is 0.250. The zero-order valence-corrected chi connectivity index (χ0v) is 22.8. The fourth-order valence-corrected chi connectivity index (χ4v) is 4.96. The number of rotatable bonds is 6. The van der Waals surface area contributed by atoms with Gasteiger partial charge < -0.3 is 15.2 Å². The molecule has 170 valence electrons. The van der Waals surface area contributed by atoms with Crippen molar-refractivity contribution in [3.8, 4) is 0 Å². The molecule has 1 saturated heterocycles. The fourth-order valence-electron chi connectivity index (χ4n) is 3.16. The predicted octanol–water partition coefficient (Wildman–Crippen LogP) is -1.34. The summed E-state index contributed by atoms with van der Waals surface area (Å²) in [5, 5.41) is 0.929. The van der Waals surface area contributed by atoms with Crippen molar-refractivity contribution in [2.75, 3.05) is 37.0 Å². The molecule has 0 aliphatic carbocycles. The Morgan fingerprint density at radius 3 is 2.33 bits per heavy atom. The van der Waals surface area contributed by atoms with E-state index in [4.69, 9.17) is 18.0 Å². The number of carbonyl (C=O) groups is 2. The molecule has 2 aliphatic heterocycles. The molecular formula is C20H21N4NaO5S3. The number of nitrogens with two attached hydrogens (primary N) is 1. The number of nitrogens with zero attached hydrogens (tertiary/aromatic N) is 3. The average molecular weight is 517 g/mol. The minimum absolute atomic E-state index is 0. The van der Waals surface area contributed by atoms with Crippen molar-refractivity contribution in [3.05, 3.63) is 53.1 Å². The molecule has 13 heteroatoms. The van der Waals surface area contributed by atoms with E-state index in [-0.39, 0.29) is 46.7 Å². The van der Waals surface area contributed by atoms with E-state index in [9.17, 15) is 22.6 Å². The monoisotopic (exact) mass is 516 g/mol. The summed E-state index contributed by atoms with van der Waals surface area (Å²) in [6.45, 7) is 0.330. The topological polar surface area (TPSA) is 127 Å². The maximum absolute atomic E-state index is 12.3. The Kier molecular flexibility index (Phi) is 9.33. The molecule has 2 N–H and O–H groups in total. The summed E-state index contributed by atoms with van der Waals surface area (Å²) in [5.74, 6) is -1.41. The Labute approximate surface area is 224 Å². The number of amides is 2. The van der Waals surface area contributed by atoms with Crippen molar-refractivity contribution < 1.29 is 52.1 Å². The van der Waals surface area contributed by atoms with Gasteiger partial charge in [0.2, 0.25) is 0 Å². The number of allylic oxidation sites excluding steroid dienone is 4. The quantitative estimate of drug-likeness (QED) is 0.122. The first-order chi connectivity index (χ1) is 15.0. The zero-order chi connectivity index (χ0) is 23.6. The van der Waals surface area contributed by atoms with Crippen LogP contribution in [0.15, 0.2) is 58.0 Å². The molecular weight excluding hydrogens is 495 g/mol. The normalized spacial score (nSPS) is 17.8. The molecule has 0 bridgehead atoms. The third-order valence-corrected chi connectivity index (χ3v) is 7.24. The maximum atomic E-state index is 12.3. The molecule has 0 unspecified atom stereocenters. The van der Waals surface area contributed by atoms with Crippen LogP contribution in [0.5, 0.6) is 0 Å². The molecule has 0 saturated carbocycles. The van der Waals surface area contributed by atoms with Crippen LogP contribution >= 0.6 is 24.0 Å². The van der Waals surface area contributed by atoms with Gasteiger partial charge in [-0.25, -0.2) is 8.42 Å². The number of anilines is 2. The van der Waals surface area contributed by atoms with Crippen LogP contribution in [-0.2, 0) is 19.7 Å². The van der Waals surface area contributed by atoms with E-state index in [0.717, 1.165) is 15.6 Å². The number of fused-ring (bicyclic) bond motifs is 1. The number of hydrogen-bond donors (Lipinski definition) is 1. The smallest absolute Gasteiger partial charge is 0.748 e. The van der Waals surface area contributed by atoms with Crippen LogP contribution in [-0.4, -0.2) is 66.1 Å². The molecule has 1 aromatic rings. The van der Waals surface area contributed by atoms with E-state index < -0.39 is 27.7 Å². The van der Waals surface area contributed by atoms with E-state index in [0.29, 0.717) is 12.2 Å². The van der Waals surface area contributed by atoms with Gasteiger partial charge in [0.25, 0.3) is 11.8 Å². The first-order valence-corrected chi connectivity index (χ1v) is 12.3. The van der Waals surface area contributed by atoms with E-state index in [2.05, 4.69) is 0 Å². The van der Waals surface area contributed by atoms with Crippen LogP contribution in [0.2, 0.25) is 0 Å². The summed E-state index contributed by atoms with van der Waals surface area (Å²) in [6, 6.07) is 5.40. The molecule has 0 atom stereocenters. The van der Waals surface area contributed by atoms with Crippen LogP contribution in [0.3, 0.4) is 0 Å². The van der Waals surface area contributed by atoms with Gasteiger partial charge in [-0.15, -0.1) is 0 Å². The molecule has 0 radical (unpaired) electrons. The predicted molar refractivity (Wildman–Crippen MR) is 127 cm³/mol. The van der Waals surface area contributed by atoms with Gasteiger partial charge in [0.05, 0.1) is 20.8 Å². The summed E-state index contributed by atoms with van der Waals surface area (Å²) in [6.07, 6.45) is 6.62. The van der Waals surface area contributed by atoms with Crippen LogP contribution in [0.4, 0.5) is 11.4 Å². The number of carbonyl (C=O) groups excluding carboxylic acids is 2. The molecule has 9 nitrogen and oxygen atoms in total. The maximum Gasteiger partial charge on any atom is 1.00 e. The van der Waals surface area contributed by atoms with Gasteiger partial charge in [0.15, 0.2) is 5.11 Å². The Hall–Kier alpha value is -1.67. The van der Waals surface area contributed by atoms with Gasteiger partial charge in [0.1, 0.15) is 5.57 Å².